The van der Waals surface area contributed by atoms with Crippen molar-refractivity contribution in [2.75, 3.05) is 6.54 Å². The number of hydrogen-bond acceptors (Lipinski definition) is 4. The van der Waals surface area contributed by atoms with Crippen molar-refractivity contribution in [1.82, 2.24) is 0 Å². The molecule has 0 aliphatic rings. The Kier molecular flexibility index (Phi) is 5.43. The van der Waals surface area contributed by atoms with Crippen molar-refractivity contribution in [3.8, 4) is 0 Å². The Labute approximate surface area is 83.2 Å². The average molecular weight is 175 g/mol. The van der Waals surface area contributed by atoms with Crippen LogP contribution in [0.5, 0.6) is 0 Å². The summed E-state index contributed by atoms with van der Waals surface area (Å²) in [5.41, 5.74) is 5.01. The van der Waals surface area contributed by atoms with Crippen LogP contribution < -0.4 is 35.3 Å². The topological polar surface area (TPSA) is 83.2 Å². The van der Waals surface area contributed by atoms with Crippen molar-refractivity contribution in [2.24, 2.45) is 5.73 Å². The smallest absolute Gasteiger partial charge is 0.747 e. The first-order chi connectivity index (χ1) is 3.81. The van der Waals surface area contributed by atoms with Gasteiger partial charge in [-0.15, -0.1) is 0 Å². The van der Waals surface area contributed by atoms with Crippen molar-refractivity contribution in [3.05, 3.63) is 0 Å². The van der Waals surface area contributed by atoms with Crippen LogP contribution in [0.15, 0.2) is 0 Å². The molecule has 0 aliphatic heterocycles. The molecule has 0 aliphatic carbocycles. The van der Waals surface area contributed by atoms with Crippen molar-refractivity contribution >= 4 is 10.1 Å². The summed E-state index contributed by atoms with van der Waals surface area (Å²) in [4.78, 5) is 0. The summed E-state index contributed by atoms with van der Waals surface area (Å²) in [6.07, 6.45) is 0. The van der Waals surface area contributed by atoms with Crippen LogP contribution in [0.2, 0.25) is 0 Å². The van der Waals surface area contributed by atoms with Gasteiger partial charge in [0.1, 0.15) is 10.1 Å². The first kappa shape index (κ1) is 13.5. The molecule has 0 rings (SSSR count). The van der Waals surface area contributed by atoms with E-state index in [9.17, 15) is 13.0 Å². The molecular formula is C4H10NNaO3S. The maximum absolute atomic E-state index is 10.2. The Morgan fingerprint density at radius 3 is 1.80 bits per heavy atom. The van der Waals surface area contributed by atoms with E-state index < -0.39 is 14.9 Å². The van der Waals surface area contributed by atoms with Gasteiger partial charge in [-0.05, 0) is 13.8 Å². The van der Waals surface area contributed by atoms with Crippen molar-refractivity contribution < 1.29 is 42.5 Å². The Morgan fingerprint density at radius 2 is 1.80 bits per heavy atom. The molecule has 0 bridgehead atoms. The second-order valence-electron chi connectivity index (χ2n) is 2.42. The first-order valence-electron chi connectivity index (χ1n) is 2.47. The summed E-state index contributed by atoms with van der Waals surface area (Å²) < 4.78 is 29.4. The van der Waals surface area contributed by atoms with E-state index in [1.54, 1.807) is 0 Å². The van der Waals surface area contributed by atoms with Gasteiger partial charge >= 0.3 is 29.6 Å². The largest absolute Gasteiger partial charge is 1.00 e. The van der Waals surface area contributed by atoms with E-state index in [4.69, 9.17) is 5.73 Å². The van der Waals surface area contributed by atoms with Crippen LogP contribution in [0.3, 0.4) is 0 Å². The standard InChI is InChI=1S/C4H11NO3S.Na/c1-4(2,3-5)9(6,7)8;/h3,5H2,1-2H3,(H,6,7,8);/q;+1/p-1. The molecule has 0 fully saturated rings. The molecule has 0 amide bonds. The zero-order valence-corrected chi connectivity index (χ0v) is 9.23. The molecule has 0 aromatic rings. The van der Waals surface area contributed by atoms with E-state index >= 15 is 0 Å². The minimum absolute atomic E-state index is 0. The second-order valence-corrected chi connectivity index (χ2v) is 4.43. The summed E-state index contributed by atoms with van der Waals surface area (Å²) in [6.45, 7) is 2.46. The van der Waals surface area contributed by atoms with Gasteiger partial charge in [-0.25, -0.2) is 8.42 Å². The molecule has 0 aromatic heterocycles. The molecule has 0 atom stereocenters. The second kappa shape index (κ2) is 4.04. The molecule has 10 heavy (non-hydrogen) atoms. The maximum Gasteiger partial charge on any atom is 1.00 e. The molecule has 4 nitrogen and oxygen atoms in total. The maximum atomic E-state index is 10.2. The van der Waals surface area contributed by atoms with Crippen LogP contribution in [-0.2, 0) is 10.1 Å². The summed E-state index contributed by atoms with van der Waals surface area (Å²) in [5, 5.41) is 0. The Balaban J connectivity index is 0. The predicted octanol–water partition coefficient (Wildman–Crippen LogP) is -3.73. The molecule has 56 valence electrons. The summed E-state index contributed by atoms with van der Waals surface area (Å²) in [5.74, 6) is 0. The molecule has 0 radical (unpaired) electrons. The SMILES string of the molecule is CC(C)(CN)S(=O)(=O)[O-].[Na+]. The molecular weight excluding hydrogens is 165 g/mol. The molecule has 0 spiro atoms. The fourth-order valence-electron chi connectivity index (χ4n) is 0.102. The molecule has 0 unspecified atom stereocenters. The molecule has 6 heteroatoms. The third-order valence-corrected chi connectivity index (χ3v) is 2.69. The molecule has 0 heterocycles. The zero-order valence-electron chi connectivity index (χ0n) is 6.42. The number of hydrogen-bond donors (Lipinski definition) is 1. The van der Waals surface area contributed by atoms with Crippen LogP contribution in [-0.4, -0.2) is 24.3 Å². The third-order valence-electron chi connectivity index (χ3n) is 1.17. The minimum Gasteiger partial charge on any atom is -0.747 e. The van der Waals surface area contributed by atoms with Crippen LogP contribution in [0.1, 0.15) is 13.8 Å². The summed E-state index contributed by atoms with van der Waals surface area (Å²) in [6, 6.07) is 0. The number of rotatable bonds is 2. The fraction of sp³-hybridized carbons (Fsp3) is 1.00. The average Bonchev–Trinajstić information content (AvgIpc) is 1.64. The number of nitrogens with two attached hydrogens (primary N) is 1. The van der Waals surface area contributed by atoms with Gasteiger partial charge in [-0.1, -0.05) is 0 Å². The van der Waals surface area contributed by atoms with Gasteiger partial charge < -0.3 is 10.3 Å². The Bertz CT molecular complexity index is 187. The normalized spacial score (nSPS) is 12.4. The Hall–Kier alpha value is 0.870. The van der Waals surface area contributed by atoms with E-state index in [1.807, 2.05) is 0 Å². The van der Waals surface area contributed by atoms with Crippen molar-refractivity contribution in [2.45, 2.75) is 18.6 Å². The minimum atomic E-state index is -4.23. The van der Waals surface area contributed by atoms with Crippen LogP contribution in [0.25, 0.3) is 0 Å². The van der Waals surface area contributed by atoms with Crippen LogP contribution >= 0.6 is 0 Å². The monoisotopic (exact) mass is 175 g/mol. The van der Waals surface area contributed by atoms with Gasteiger partial charge in [0.15, 0.2) is 0 Å². The van der Waals surface area contributed by atoms with Crippen LogP contribution in [0, 0.1) is 0 Å². The van der Waals surface area contributed by atoms with Gasteiger partial charge in [0.25, 0.3) is 0 Å². The van der Waals surface area contributed by atoms with E-state index in [0.717, 1.165) is 0 Å². The third kappa shape index (κ3) is 3.32. The van der Waals surface area contributed by atoms with Gasteiger partial charge in [0, 0.05) is 6.54 Å². The molecule has 0 aromatic carbocycles. The van der Waals surface area contributed by atoms with Crippen LogP contribution in [0.4, 0.5) is 0 Å². The van der Waals surface area contributed by atoms with E-state index in [-0.39, 0.29) is 36.1 Å². The van der Waals surface area contributed by atoms with Crippen molar-refractivity contribution in [3.63, 3.8) is 0 Å². The molecule has 0 saturated carbocycles. The quantitative estimate of drug-likeness (QED) is 0.345. The van der Waals surface area contributed by atoms with E-state index in [2.05, 4.69) is 0 Å². The van der Waals surface area contributed by atoms with Gasteiger partial charge in [-0.2, -0.15) is 0 Å². The summed E-state index contributed by atoms with van der Waals surface area (Å²) >= 11 is 0. The summed E-state index contributed by atoms with van der Waals surface area (Å²) in [7, 11) is -4.23. The molecule has 0 saturated heterocycles. The fourth-order valence-corrected chi connectivity index (χ4v) is 0.306. The molecule has 2 N–H and O–H groups in total. The van der Waals surface area contributed by atoms with Gasteiger partial charge in [0.2, 0.25) is 0 Å². The van der Waals surface area contributed by atoms with Crippen molar-refractivity contribution in [1.29, 1.82) is 0 Å². The Morgan fingerprint density at radius 1 is 1.50 bits per heavy atom. The zero-order chi connectivity index (χ0) is 7.71. The van der Waals surface area contributed by atoms with Gasteiger partial charge in [-0.3, -0.25) is 0 Å². The van der Waals surface area contributed by atoms with E-state index in [1.165, 1.54) is 13.8 Å². The first-order valence-corrected chi connectivity index (χ1v) is 3.87. The predicted molar refractivity (Wildman–Crippen MR) is 32.8 cm³/mol. The van der Waals surface area contributed by atoms with E-state index in [0.29, 0.717) is 0 Å². The van der Waals surface area contributed by atoms with Gasteiger partial charge in [0.05, 0.1) is 4.75 Å².